The Bertz CT molecular complexity index is 877. The number of fused-ring (bicyclic) bond motifs is 5. The van der Waals surface area contributed by atoms with Gasteiger partial charge in [-0.25, -0.2) is 0 Å². The van der Waals surface area contributed by atoms with Crippen LogP contribution in [0.25, 0.3) is 10.1 Å². The lowest BCUT2D eigenvalue weighted by Gasteiger charge is -2.52. The number of ether oxygens (including phenoxy) is 1. The maximum atomic E-state index is 13.0. The van der Waals surface area contributed by atoms with E-state index in [9.17, 15) is 4.79 Å². The second-order valence-electron chi connectivity index (χ2n) is 8.05. The molecule has 1 aliphatic carbocycles. The molecule has 25 heavy (non-hydrogen) atoms. The van der Waals surface area contributed by atoms with E-state index in [2.05, 4.69) is 22.3 Å². The monoisotopic (exact) mass is 354 g/mol. The molecule has 2 aromatic rings. The number of hydrogen-bond donors (Lipinski definition) is 1. The largest absolute Gasteiger partial charge is 0.493 e. The van der Waals surface area contributed by atoms with Crippen LogP contribution in [0.4, 0.5) is 0 Å². The van der Waals surface area contributed by atoms with Crippen LogP contribution in [0, 0.1) is 5.92 Å². The first-order valence-electron chi connectivity index (χ1n) is 9.49. The van der Waals surface area contributed by atoms with Crippen LogP contribution in [-0.4, -0.2) is 42.1 Å². The number of thiophene rings is 1. The van der Waals surface area contributed by atoms with Gasteiger partial charge >= 0.3 is 0 Å². The molecule has 1 atom stereocenters. The number of benzene rings is 1. The van der Waals surface area contributed by atoms with Gasteiger partial charge in [0.15, 0.2) is 0 Å². The number of nitrogens with one attached hydrogen (secondary N) is 1. The SMILES string of the molecule is O=C(N[C@H]1C2CCN(CC2)C12CC2)c1cc2ccc3c(c2s1)CCO3. The van der Waals surface area contributed by atoms with E-state index in [1.807, 2.05) is 6.07 Å². The molecule has 4 fully saturated rings. The van der Waals surface area contributed by atoms with Crippen LogP contribution in [0.5, 0.6) is 5.75 Å². The van der Waals surface area contributed by atoms with Crippen LogP contribution in [-0.2, 0) is 6.42 Å². The van der Waals surface area contributed by atoms with Crippen LogP contribution in [0.1, 0.15) is 40.9 Å². The molecule has 1 spiro atoms. The lowest BCUT2D eigenvalue weighted by molar-refractivity contribution is -0.00138. The van der Waals surface area contributed by atoms with Gasteiger partial charge in [0, 0.05) is 22.2 Å². The van der Waals surface area contributed by atoms with Crippen molar-refractivity contribution in [1.29, 1.82) is 0 Å². The van der Waals surface area contributed by atoms with Crippen LogP contribution < -0.4 is 10.1 Å². The minimum Gasteiger partial charge on any atom is -0.493 e. The number of nitrogens with zero attached hydrogens (tertiary/aromatic N) is 1. The summed E-state index contributed by atoms with van der Waals surface area (Å²) in [6.45, 7) is 3.22. The first kappa shape index (κ1) is 14.6. The number of carbonyl (C=O) groups is 1. The molecule has 0 unspecified atom stereocenters. The van der Waals surface area contributed by atoms with E-state index in [0.29, 0.717) is 17.5 Å². The standard InChI is InChI=1S/C20H22N2O2S/c23-19(21-18-12-3-8-22(9-4-12)20(18)6-7-20)16-11-13-1-2-15-14(5-10-24-15)17(13)25-16/h1-2,11-12,18H,3-10H2,(H,21,23)/t18-/m0/s1. The van der Waals surface area contributed by atoms with Crippen molar-refractivity contribution in [3.63, 3.8) is 0 Å². The number of hydrogen-bond acceptors (Lipinski definition) is 4. The minimum absolute atomic E-state index is 0.124. The van der Waals surface area contributed by atoms with Gasteiger partial charge in [-0.05, 0) is 68.3 Å². The van der Waals surface area contributed by atoms with E-state index in [4.69, 9.17) is 4.74 Å². The van der Waals surface area contributed by atoms with Crippen molar-refractivity contribution in [3.8, 4) is 5.75 Å². The molecule has 5 aliphatic rings. The van der Waals surface area contributed by atoms with Crippen LogP contribution in [0.2, 0.25) is 0 Å². The first-order chi connectivity index (χ1) is 12.2. The van der Waals surface area contributed by atoms with Crippen molar-refractivity contribution in [3.05, 3.63) is 28.6 Å². The fourth-order valence-electron chi connectivity index (χ4n) is 5.42. The smallest absolute Gasteiger partial charge is 0.261 e. The highest BCUT2D eigenvalue weighted by Crippen LogP contribution is 2.53. The van der Waals surface area contributed by atoms with Gasteiger partial charge in [0.05, 0.1) is 17.5 Å². The van der Waals surface area contributed by atoms with Crippen molar-refractivity contribution in [2.24, 2.45) is 5.92 Å². The Kier molecular flexibility index (Phi) is 2.90. The summed E-state index contributed by atoms with van der Waals surface area (Å²) in [5, 5.41) is 4.62. The zero-order valence-corrected chi connectivity index (χ0v) is 15.0. The van der Waals surface area contributed by atoms with Crippen LogP contribution >= 0.6 is 11.3 Å². The van der Waals surface area contributed by atoms with E-state index in [1.165, 1.54) is 54.4 Å². The second-order valence-corrected chi connectivity index (χ2v) is 9.10. The van der Waals surface area contributed by atoms with E-state index in [1.54, 1.807) is 11.3 Å². The average Bonchev–Trinajstić information content (AvgIpc) is 3.08. The Morgan fingerprint density at radius 2 is 2.12 bits per heavy atom. The van der Waals surface area contributed by atoms with Gasteiger partial charge in [-0.3, -0.25) is 9.69 Å². The normalized spacial score (nSPS) is 31.1. The van der Waals surface area contributed by atoms with Gasteiger partial charge in [-0.1, -0.05) is 0 Å². The van der Waals surface area contributed by atoms with Crippen LogP contribution in [0.15, 0.2) is 18.2 Å². The summed E-state index contributed by atoms with van der Waals surface area (Å²) in [5.74, 6) is 1.79. The van der Waals surface area contributed by atoms with Gasteiger partial charge in [0.2, 0.25) is 0 Å². The molecule has 7 rings (SSSR count). The van der Waals surface area contributed by atoms with Crippen molar-refractivity contribution in [1.82, 2.24) is 10.2 Å². The highest BCUT2D eigenvalue weighted by atomic mass is 32.1. The molecule has 1 amide bonds. The Labute approximate surface area is 151 Å². The Morgan fingerprint density at radius 1 is 1.28 bits per heavy atom. The summed E-state index contributed by atoms with van der Waals surface area (Å²) >= 11 is 1.63. The van der Waals surface area contributed by atoms with Crippen molar-refractivity contribution in [2.75, 3.05) is 19.7 Å². The third-order valence-electron chi connectivity index (χ3n) is 6.85. The third kappa shape index (κ3) is 1.99. The molecule has 1 aromatic heterocycles. The third-order valence-corrected chi connectivity index (χ3v) is 8.06. The molecular formula is C20H22N2O2S. The highest BCUT2D eigenvalue weighted by molar-refractivity contribution is 7.21. The molecule has 4 nitrogen and oxygen atoms in total. The predicted octanol–water partition coefficient (Wildman–Crippen LogP) is 3.19. The summed E-state index contributed by atoms with van der Waals surface area (Å²) in [5.41, 5.74) is 1.57. The fourth-order valence-corrected chi connectivity index (χ4v) is 6.55. The molecule has 4 aliphatic heterocycles. The number of piperidine rings is 3. The molecule has 5 heterocycles. The maximum absolute atomic E-state index is 13.0. The van der Waals surface area contributed by atoms with E-state index in [0.717, 1.165) is 23.7 Å². The topological polar surface area (TPSA) is 41.6 Å². The van der Waals surface area contributed by atoms with E-state index < -0.39 is 0 Å². The first-order valence-corrected chi connectivity index (χ1v) is 10.3. The number of amides is 1. The lowest BCUT2D eigenvalue weighted by Crippen LogP contribution is -2.65. The lowest BCUT2D eigenvalue weighted by atomic mass is 9.77. The molecule has 0 radical (unpaired) electrons. The fraction of sp³-hybridized carbons (Fsp3) is 0.550. The molecule has 2 bridgehead atoms. The van der Waals surface area contributed by atoms with Gasteiger partial charge in [0.25, 0.3) is 5.91 Å². The van der Waals surface area contributed by atoms with Gasteiger partial charge < -0.3 is 10.1 Å². The summed E-state index contributed by atoms with van der Waals surface area (Å²) < 4.78 is 6.90. The number of rotatable bonds is 2. The maximum Gasteiger partial charge on any atom is 0.261 e. The van der Waals surface area contributed by atoms with Crippen molar-refractivity contribution >= 4 is 27.3 Å². The highest BCUT2D eigenvalue weighted by Gasteiger charge is 2.60. The molecule has 1 N–H and O–H groups in total. The Hall–Kier alpha value is -1.59. The molecule has 130 valence electrons. The average molecular weight is 354 g/mol. The quantitative estimate of drug-likeness (QED) is 0.900. The number of carbonyl (C=O) groups excluding carboxylic acids is 1. The summed E-state index contributed by atoms with van der Waals surface area (Å²) in [6.07, 6.45) is 5.95. The van der Waals surface area contributed by atoms with Gasteiger partial charge in [-0.2, -0.15) is 0 Å². The summed E-state index contributed by atoms with van der Waals surface area (Å²) in [4.78, 5) is 16.5. The summed E-state index contributed by atoms with van der Waals surface area (Å²) in [6, 6.07) is 6.55. The van der Waals surface area contributed by atoms with E-state index in [-0.39, 0.29) is 5.91 Å². The predicted molar refractivity (Wildman–Crippen MR) is 98.5 cm³/mol. The molecule has 3 saturated heterocycles. The Morgan fingerprint density at radius 3 is 2.92 bits per heavy atom. The molecule has 1 saturated carbocycles. The van der Waals surface area contributed by atoms with Gasteiger partial charge in [-0.15, -0.1) is 11.3 Å². The zero-order chi connectivity index (χ0) is 16.6. The van der Waals surface area contributed by atoms with Crippen molar-refractivity contribution in [2.45, 2.75) is 43.7 Å². The second kappa shape index (κ2) is 4.98. The molecular weight excluding hydrogens is 332 g/mol. The molecule has 5 heteroatoms. The van der Waals surface area contributed by atoms with Gasteiger partial charge in [0.1, 0.15) is 5.75 Å². The Balaban J connectivity index is 1.31. The van der Waals surface area contributed by atoms with Crippen LogP contribution in [0.3, 0.4) is 0 Å². The zero-order valence-electron chi connectivity index (χ0n) is 14.2. The summed E-state index contributed by atoms with van der Waals surface area (Å²) in [7, 11) is 0. The molecule has 1 aromatic carbocycles. The van der Waals surface area contributed by atoms with Crippen molar-refractivity contribution < 1.29 is 9.53 Å². The van der Waals surface area contributed by atoms with E-state index >= 15 is 0 Å². The minimum atomic E-state index is 0.124.